The first-order valence-corrected chi connectivity index (χ1v) is 7.71. The number of benzene rings is 1. The summed E-state index contributed by atoms with van der Waals surface area (Å²) in [5, 5.41) is 14.6. The van der Waals surface area contributed by atoms with Gasteiger partial charge in [-0.2, -0.15) is 0 Å². The van der Waals surface area contributed by atoms with E-state index in [0.717, 1.165) is 27.3 Å². The molecule has 1 unspecified atom stereocenters. The summed E-state index contributed by atoms with van der Waals surface area (Å²) in [6.45, 7) is 8.52. The molecule has 2 aromatic rings. The van der Waals surface area contributed by atoms with E-state index in [0.29, 0.717) is 18.2 Å². The van der Waals surface area contributed by atoms with Crippen molar-refractivity contribution in [1.82, 2.24) is 4.98 Å². The van der Waals surface area contributed by atoms with Crippen molar-refractivity contribution in [2.75, 3.05) is 17.6 Å². The maximum absolute atomic E-state index is 10.3. The lowest BCUT2D eigenvalue weighted by molar-refractivity contribution is 0.0516. The summed E-state index contributed by atoms with van der Waals surface area (Å²) in [5.74, 6) is 0.452. The molecule has 4 nitrogen and oxygen atoms in total. The number of nitrogens with one attached hydrogen (secondary N) is 1. The Morgan fingerprint density at radius 1 is 1.45 bits per heavy atom. The molecule has 4 N–H and O–H groups in total. The Kier molecular flexibility index (Phi) is 4.20. The third-order valence-electron chi connectivity index (χ3n) is 3.17. The van der Waals surface area contributed by atoms with E-state index in [1.807, 2.05) is 26.0 Å². The monoisotopic (exact) mass is 293 g/mol. The van der Waals surface area contributed by atoms with E-state index in [9.17, 15) is 5.11 Å². The number of fused-ring (bicyclic) bond motifs is 1. The van der Waals surface area contributed by atoms with E-state index >= 15 is 0 Å². The number of aliphatic hydroxyl groups is 1. The molecule has 0 radical (unpaired) electrons. The minimum Gasteiger partial charge on any atom is -0.397 e. The van der Waals surface area contributed by atoms with E-state index in [-0.39, 0.29) is 0 Å². The number of nitrogen functional groups attached to an aromatic ring is 1. The molecule has 0 aliphatic carbocycles. The van der Waals surface area contributed by atoms with Crippen molar-refractivity contribution < 1.29 is 5.11 Å². The maximum atomic E-state index is 10.3. The Morgan fingerprint density at radius 3 is 2.80 bits per heavy atom. The highest BCUT2D eigenvalue weighted by Crippen LogP contribution is 2.30. The van der Waals surface area contributed by atoms with Crippen LogP contribution in [0.1, 0.15) is 32.2 Å². The summed E-state index contributed by atoms with van der Waals surface area (Å²) in [7, 11) is 0. The van der Waals surface area contributed by atoms with Gasteiger partial charge in [-0.25, -0.2) is 4.98 Å². The summed E-state index contributed by atoms with van der Waals surface area (Å²) in [4.78, 5) is 4.47. The number of hydrogen-bond donors (Lipinski definition) is 3. The summed E-state index contributed by atoms with van der Waals surface area (Å²) >= 11 is 1.64. The van der Waals surface area contributed by atoms with Gasteiger partial charge in [-0.05, 0) is 38.3 Å². The highest BCUT2D eigenvalue weighted by atomic mass is 32.1. The molecular weight excluding hydrogens is 270 g/mol. The number of anilines is 2. The van der Waals surface area contributed by atoms with Gasteiger partial charge in [0.15, 0.2) is 0 Å². The van der Waals surface area contributed by atoms with Gasteiger partial charge in [-0.15, -0.1) is 11.3 Å². The first kappa shape index (κ1) is 15.1. The quantitative estimate of drug-likeness (QED) is 0.739. The minimum atomic E-state index is -0.743. The van der Waals surface area contributed by atoms with Crippen LogP contribution in [0.3, 0.4) is 0 Å². The van der Waals surface area contributed by atoms with Gasteiger partial charge in [0.05, 0.1) is 32.2 Å². The lowest BCUT2D eigenvalue weighted by Crippen LogP contribution is -2.35. The van der Waals surface area contributed by atoms with E-state index in [1.165, 1.54) is 0 Å². The zero-order valence-corrected chi connectivity index (χ0v) is 13.3. The highest BCUT2D eigenvalue weighted by molar-refractivity contribution is 7.18. The molecular formula is C15H23N3OS. The molecule has 5 heteroatoms. The Labute approximate surface area is 124 Å². The van der Waals surface area contributed by atoms with Crippen LogP contribution in [0.25, 0.3) is 10.2 Å². The number of nitrogens with two attached hydrogens (primary N) is 1. The Balaban J connectivity index is 2.15. The second-order valence-corrected chi connectivity index (χ2v) is 7.32. The van der Waals surface area contributed by atoms with E-state index in [4.69, 9.17) is 5.73 Å². The van der Waals surface area contributed by atoms with Crippen molar-refractivity contribution >= 4 is 32.9 Å². The van der Waals surface area contributed by atoms with Crippen LogP contribution in [0.5, 0.6) is 0 Å². The highest BCUT2D eigenvalue weighted by Gasteiger charge is 2.22. The van der Waals surface area contributed by atoms with Crippen molar-refractivity contribution in [3.05, 3.63) is 17.1 Å². The molecule has 0 bridgehead atoms. The van der Waals surface area contributed by atoms with Crippen molar-refractivity contribution in [2.24, 2.45) is 5.92 Å². The third kappa shape index (κ3) is 3.61. The van der Waals surface area contributed by atoms with E-state index < -0.39 is 5.60 Å². The first-order valence-electron chi connectivity index (χ1n) is 6.90. The molecule has 0 aliphatic heterocycles. The number of aromatic nitrogens is 1. The topological polar surface area (TPSA) is 71.2 Å². The van der Waals surface area contributed by atoms with Crippen LogP contribution in [0.15, 0.2) is 12.1 Å². The van der Waals surface area contributed by atoms with Gasteiger partial charge in [0.25, 0.3) is 0 Å². The SMILES string of the molecule is Cc1nc2cc(NCC(C)(O)CC(C)C)c(N)cc2s1. The van der Waals surface area contributed by atoms with E-state index in [1.54, 1.807) is 11.3 Å². The molecule has 1 heterocycles. The van der Waals surface area contributed by atoms with Gasteiger partial charge >= 0.3 is 0 Å². The molecule has 20 heavy (non-hydrogen) atoms. The first-order chi connectivity index (χ1) is 9.27. The third-order valence-corrected chi connectivity index (χ3v) is 4.11. The van der Waals surface area contributed by atoms with Crippen LogP contribution in [-0.4, -0.2) is 22.2 Å². The second kappa shape index (κ2) is 5.58. The smallest absolute Gasteiger partial charge is 0.0907 e. The lowest BCUT2D eigenvalue weighted by atomic mass is 9.94. The molecule has 0 saturated carbocycles. The summed E-state index contributed by atoms with van der Waals surface area (Å²) < 4.78 is 1.10. The molecule has 2 rings (SSSR count). The summed E-state index contributed by atoms with van der Waals surface area (Å²) in [6.07, 6.45) is 0.748. The van der Waals surface area contributed by atoms with Crippen molar-refractivity contribution in [3.63, 3.8) is 0 Å². The van der Waals surface area contributed by atoms with Crippen LogP contribution in [0, 0.1) is 12.8 Å². The fraction of sp³-hybridized carbons (Fsp3) is 0.533. The van der Waals surface area contributed by atoms with Gasteiger partial charge in [-0.3, -0.25) is 0 Å². The van der Waals surface area contributed by atoms with Gasteiger partial charge in [-0.1, -0.05) is 13.8 Å². The average Bonchev–Trinajstić information content (AvgIpc) is 2.63. The summed E-state index contributed by atoms with van der Waals surface area (Å²) in [5.41, 5.74) is 7.81. The Hall–Kier alpha value is -1.33. The molecule has 0 fully saturated rings. The number of hydrogen-bond acceptors (Lipinski definition) is 5. The average molecular weight is 293 g/mol. The second-order valence-electron chi connectivity index (χ2n) is 6.09. The minimum absolute atomic E-state index is 0.452. The zero-order chi connectivity index (χ0) is 14.9. The maximum Gasteiger partial charge on any atom is 0.0907 e. The largest absolute Gasteiger partial charge is 0.397 e. The number of aryl methyl sites for hydroxylation is 1. The Bertz CT molecular complexity index is 604. The predicted molar refractivity (Wildman–Crippen MR) is 87.3 cm³/mol. The normalized spacial score (nSPS) is 14.7. The predicted octanol–water partition coefficient (Wildman–Crippen LogP) is 3.40. The van der Waals surface area contributed by atoms with Gasteiger partial charge in [0.2, 0.25) is 0 Å². The molecule has 0 saturated heterocycles. The van der Waals surface area contributed by atoms with Gasteiger partial charge in [0, 0.05) is 6.54 Å². The molecule has 110 valence electrons. The fourth-order valence-electron chi connectivity index (χ4n) is 2.50. The molecule has 0 amide bonds. The number of rotatable bonds is 5. The van der Waals surface area contributed by atoms with Crippen LogP contribution < -0.4 is 11.1 Å². The summed E-state index contributed by atoms with van der Waals surface area (Å²) in [6, 6.07) is 3.90. The van der Waals surface area contributed by atoms with Crippen molar-refractivity contribution in [1.29, 1.82) is 0 Å². The Morgan fingerprint density at radius 2 is 2.15 bits per heavy atom. The number of thiazole rings is 1. The zero-order valence-electron chi connectivity index (χ0n) is 12.5. The fourth-order valence-corrected chi connectivity index (χ4v) is 3.35. The van der Waals surface area contributed by atoms with Gasteiger partial charge < -0.3 is 16.2 Å². The number of nitrogens with zero attached hydrogens (tertiary/aromatic N) is 1. The standard InChI is InChI=1S/C15H23N3OS/c1-9(2)7-15(4,19)8-17-12-6-13-14(5-11(12)16)20-10(3)18-13/h5-6,9,17,19H,7-8,16H2,1-4H3. The van der Waals surface area contributed by atoms with Crippen LogP contribution in [0.2, 0.25) is 0 Å². The molecule has 1 atom stereocenters. The van der Waals surface area contributed by atoms with Gasteiger partial charge in [0.1, 0.15) is 0 Å². The van der Waals surface area contributed by atoms with Crippen LogP contribution in [-0.2, 0) is 0 Å². The molecule has 1 aromatic heterocycles. The van der Waals surface area contributed by atoms with Crippen molar-refractivity contribution in [3.8, 4) is 0 Å². The molecule has 0 aliphatic rings. The van der Waals surface area contributed by atoms with Crippen LogP contribution in [0.4, 0.5) is 11.4 Å². The lowest BCUT2D eigenvalue weighted by Gasteiger charge is -2.26. The molecule has 1 aromatic carbocycles. The van der Waals surface area contributed by atoms with Crippen molar-refractivity contribution in [2.45, 2.75) is 39.7 Å². The van der Waals surface area contributed by atoms with E-state index in [2.05, 4.69) is 24.1 Å². The van der Waals surface area contributed by atoms with Crippen LogP contribution >= 0.6 is 11.3 Å². The molecule has 0 spiro atoms.